The number of aryl methyl sites for hydroxylation is 2. The second-order valence-corrected chi connectivity index (χ2v) is 4.88. The molecular formula is C13H19F3N2O. The Morgan fingerprint density at radius 1 is 1.32 bits per heavy atom. The molecule has 0 saturated carbocycles. The monoisotopic (exact) mass is 276 g/mol. The molecule has 0 atom stereocenters. The molecule has 1 rings (SSSR count). The van der Waals surface area contributed by atoms with Crippen molar-refractivity contribution in [2.45, 2.75) is 46.5 Å². The molecule has 6 heteroatoms. The molecule has 0 aliphatic heterocycles. The van der Waals surface area contributed by atoms with Gasteiger partial charge in [0.25, 0.3) is 0 Å². The van der Waals surface area contributed by atoms with Crippen LogP contribution in [0.1, 0.15) is 30.7 Å². The fourth-order valence-electron chi connectivity index (χ4n) is 1.97. The summed E-state index contributed by atoms with van der Waals surface area (Å²) in [6, 6.07) is 1.39. The van der Waals surface area contributed by atoms with Crippen LogP contribution in [0.3, 0.4) is 0 Å². The first-order valence-corrected chi connectivity index (χ1v) is 6.07. The highest BCUT2D eigenvalue weighted by molar-refractivity contribution is 5.52. The van der Waals surface area contributed by atoms with Crippen LogP contribution in [0.4, 0.5) is 19.0 Å². The van der Waals surface area contributed by atoms with Crippen LogP contribution in [0.5, 0.6) is 0 Å². The lowest BCUT2D eigenvalue weighted by Gasteiger charge is -2.31. The molecular weight excluding hydrogens is 257 g/mol. The molecule has 0 radical (unpaired) electrons. The van der Waals surface area contributed by atoms with Gasteiger partial charge in [0.05, 0.1) is 6.61 Å². The van der Waals surface area contributed by atoms with E-state index in [0.29, 0.717) is 11.3 Å². The number of hydrogen-bond acceptors (Lipinski definition) is 3. The molecule has 0 aromatic carbocycles. The maximum absolute atomic E-state index is 12.7. The number of hydrogen-bond donors (Lipinski definition) is 1. The van der Waals surface area contributed by atoms with Crippen molar-refractivity contribution in [3.8, 4) is 0 Å². The maximum atomic E-state index is 12.7. The first-order chi connectivity index (χ1) is 8.65. The van der Waals surface area contributed by atoms with Crippen molar-refractivity contribution in [2.75, 3.05) is 11.4 Å². The lowest BCUT2D eigenvalue weighted by Crippen LogP contribution is -2.40. The molecule has 19 heavy (non-hydrogen) atoms. The van der Waals surface area contributed by atoms with E-state index >= 15 is 0 Å². The zero-order valence-corrected chi connectivity index (χ0v) is 11.5. The summed E-state index contributed by atoms with van der Waals surface area (Å²) in [5.41, 5.74) is 1.83. The lowest BCUT2D eigenvalue weighted by molar-refractivity contribution is -0.120. The van der Waals surface area contributed by atoms with E-state index < -0.39 is 12.7 Å². The molecule has 108 valence electrons. The van der Waals surface area contributed by atoms with Crippen LogP contribution >= 0.6 is 0 Å². The Morgan fingerprint density at radius 2 is 1.89 bits per heavy atom. The van der Waals surface area contributed by atoms with Crippen LogP contribution in [0.25, 0.3) is 0 Å². The Labute approximate surface area is 111 Å². The minimum atomic E-state index is -4.31. The van der Waals surface area contributed by atoms with Gasteiger partial charge >= 0.3 is 6.18 Å². The predicted octanol–water partition coefficient (Wildman–Crippen LogP) is 2.97. The Hall–Kier alpha value is -1.30. The summed E-state index contributed by atoms with van der Waals surface area (Å²) in [5, 5.41) is 9.37. The quantitative estimate of drug-likeness (QED) is 0.918. The summed E-state index contributed by atoms with van der Waals surface area (Å²) < 4.78 is 38.0. The van der Waals surface area contributed by atoms with E-state index in [0.717, 1.165) is 5.56 Å². The zero-order valence-electron chi connectivity index (χ0n) is 11.5. The summed E-state index contributed by atoms with van der Waals surface area (Å²) in [6.45, 7) is 5.43. The van der Waals surface area contributed by atoms with Crippen molar-refractivity contribution in [1.29, 1.82) is 0 Å². The molecule has 0 bridgehead atoms. The molecule has 0 aliphatic rings. The van der Waals surface area contributed by atoms with Crippen LogP contribution in [0.15, 0.2) is 6.07 Å². The number of halogens is 3. The number of aromatic nitrogens is 1. The normalized spacial score (nSPS) is 12.1. The van der Waals surface area contributed by atoms with E-state index in [9.17, 15) is 18.3 Å². The minimum absolute atomic E-state index is 0.215. The highest BCUT2D eigenvalue weighted by Crippen LogP contribution is 2.28. The van der Waals surface area contributed by atoms with Gasteiger partial charge in [-0.1, -0.05) is 0 Å². The van der Waals surface area contributed by atoms with Crippen LogP contribution in [-0.4, -0.2) is 28.9 Å². The average Bonchev–Trinajstić information content (AvgIpc) is 2.23. The third-order valence-electron chi connectivity index (χ3n) is 2.86. The van der Waals surface area contributed by atoms with Crippen molar-refractivity contribution >= 4 is 5.82 Å². The van der Waals surface area contributed by atoms with Gasteiger partial charge in [0, 0.05) is 17.3 Å². The minimum Gasteiger partial charge on any atom is -0.392 e. The van der Waals surface area contributed by atoms with Gasteiger partial charge in [-0.05, 0) is 39.3 Å². The summed E-state index contributed by atoms with van der Waals surface area (Å²) in [7, 11) is 0. The molecule has 0 saturated heterocycles. The highest BCUT2D eigenvalue weighted by atomic mass is 19.4. The van der Waals surface area contributed by atoms with E-state index in [-0.39, 0.29) is 18.5 Å². The largest absolute Gasteiger partial charge is 0.405 e. The number of rotatable bonds is 4. The molecule has 3 nitrogen and oxygen atoms in total. The standard InChI is InChI=1S/C13H19F3N2O/c1-8(2)18(7-13(14,15)16)12-11(6-19)9(3)5-10(4)17-12/h5,8,19H,6-7H2,1-4H3. The Bertz CT molecular complexity index is 444. The highest BCUT2D eigenvalue weighted by Gasteiger charge is 2.33. The van der Waals surface area contributed by atoms with Crippen molar-refractivity contribution in [3.63, 3.8) is 0 Å². The average molecular weight is 276 g/mol. The number of aliphatic hydroxyl groups excluding tert-OH is 1. The van der Waals surface area contributed by atoms with Gasteiger partial charge in [-0.3, -0.25) is 0 Å². The molecule has 1 aromatic rings. The SMILES string of the molecule is Cc1cc(C)c(CO)c(N(CC(F)(F)F)C(C)C)n1. The van der Waals surface area contributed by atoms with Gasteiger partial charge in [0.15, 0.2) is 0 Å². The Balaban J connectivity index is 3.29. The topological polar surface area (TPSA) is 36.4 Å². The van der Waals surface area contributed by atoms with E-state index in [1.165, 1.54) is 4.90 Å². The molecule has 0 amide bonds. The van der Waals surface area contributed by atoms with Gasteiger partial charge in [-0.25, -0.2) is 4.98 Å². The smallest absolute Gasteiger partial charge is 0.392 e. The molecule has 0 aliphatic carbocycles. The van der Waals surface area contributed by atoms with Crippen LogP contribution in [0.2, 0.25) is 0 Å². The lowest BCUT2D eigenvalue weighted by atomic mass is 10.1. The fourth-order valence-corrected chi connectivity index (χ4v) is 1.97. The molecule has 1 heterocycles. The van der Waals surface area contributed by atoms with Gasteiger partial charge < -0.3 is 10.0 Å². The van der Waals surface area contributed by atoms with Crippen LogP contribution in [0, 0.1) is 13.8 Å². The van der Waals surface area contributed by atoms with E-state index in [4.69, 9.17) is 0 Å². The molecule has 0 spiro atoms. The Kier molecular flexibility index (Phi) is 4.79. The number of pyridine rings is 1. The van der Waals surface area contributed by atoms with Crippen molar-refractivity contribution in [3.05, 3.63) is 22.9 Å². The summed E-state index contributed by atoms with van der Waals surface area (Å²) in [6.07, 6.45) is -4.31. The number of aliphatic hydroxyl groups is 1. The van der Waals surface area contributed by atoms with Crippen molar-refractivity contribution in [2.24, 2.45) is 0 Å². The predicted molar refractivity (Wildman–Crippen MR) is 68.2 cm³/mol. The third-order valence-corrected chi connectivity index (χ3v) is 2.86. The summed E-state index contributed by atoms with van der Waals surface area (Å²) >= 11 is 0. The van der Waals surface area contributed by atoms with E-state index in [2.05, 4.69) is 4.98 Å². The van der Waals surface area contributed by atoms with Crippen molar-refractivity contribution in [1.82, 2.24) is 4.98 Å². The first kappa shape index (κ1) is 15.8. The fraction of sp³-hybridized carbons (Fsp3) is 0.615. The Morgan fingerprint density at radius 3 is 2.32 bits per heavy atom. The maximum Gasteiger partial charge on any atom is 0.405 e. The van der Waals surface area contributed by atoms with Crippen molar-refractivity contribution < 1.29 is 18.3 Å². The third kappa shape index (κ3) is 4.09. The molecule has 1 aromatic heterocycles. The molecule has 1 N–H and O–H groups in total. The van der Waals surface area contributed by atoms with E-state index in [1.807, 2.05) is 0 Å². The summed E-state index contributed by atoms with van der Waals surface area (Å²) in [4.78, 5) is 5.35. The van der Waals surface area contributed by atoms with Gasteiger partial charge in [-0.2, -0.15) is 13.2 Å². The number of alkyl halides is 3. The second kappa shape index (κ2) is 5.77. The van der Waals surface area contributed by atoms with E-state index in [1.54, 1.807) is 33.8 Å². The van der Waals surface area contributed by atoms with Crippen LogP contribution in [-0.2, 0) is 6.61 Å². The number of anilines is 1. The van der Waals surface area contributed by atoms with Gasteiger partial charge in [0.1, 0.15) is 12.4 Å². The van der Waals surface area contributed by atoms with Gasteiger partial charge in [-0.15, -0.1) is 0 Å². The molecule has 0 fully saturated rings. The number of nitrogens with zero attached hydrogens (tertiary/aromatic N) is 2. The van der Waals surface area contributed by atoms with Crippen LogP contribution < -0.4 is 4.90 Å². The second-order valence-electron chi connectivity index (χ2n) is 4.88. The first-order valence-electron chi connectivity index (χ1n) is 6.07. The molecule has 0 unspecified atom stereocenters. The zero-order chi connectivity index (χ0) is 14.8. The van der Waals surface area contributed by atoms with Gasteiger partial charge in [0.2, 0.25) is 0 Å². The summed E-state index contributed by atoms with van der Waals surface area (Å²) in [5.74, 6) is 0.215.